The van der Waals surface area contributed by atoms with Crippen LogP contribution in [0.4, 0.5) is 8.78 Å². The SMILES string of the molecule is O=CC=Cc1cc(O)c(F)c(F)c1. The maximum atomic E-state index is 12.6. The Balaban J connectivity index is 3.12. The molecule has 0 bridgehead atoms. The number of allylic oxidation sites excluding steroid dienone is 1. The van der Waals surface area contributed by atoms with Crippen molar-refractivity contribution in [2.24, 2.45) is 0 Å². The molecule has 0 atom stereocenters. The summed E-state index contributed by atoms with van der Waals surface area (Å²) in [7, 11) is 0. The number of hydrogen-bond donors (Lipinski definition) is 1. The summed E-state index contributed by atoms with van der Waals surface area (Å²) in [6.45, 7) is 0. The monoisotopic (exact) mass is 184 g/mol. The Kier molecular flexibility index (Phi) is 2.74. The molecule has 0 aromatic heterocycles. The van der Waals surface area contributed by atoms with Crippen LogP contribution in [0, 0.1) is 11.6 Å². The topological polar surface area (TPSA) is 37.3 Å². The number of phenols is 1. The third-order valence-corrected chi connectivity index (χ3v) is 1.40. The number of aldehydes is 1. The van der Waals surface area contributed by atoms with Crippen LogP contribution >= 0.6 is 0 Å². The molecule has 0 aliphatic rings. The second-order valence-electron chi connectivity index (χ2n) is 2.33. The molecule has 4 heteroatoms. The Morgan fingerprint density at radius 2 is 2.00 bits per heavy atom. The highest BCUT2D eigenvalue weighted by Gasteiger charge is 2.07. The van der Waals surface area contributed by atoms with Crippen molar-refractivity contribution < 1.29 is 18.7 Å². The van der Waals surface area contributed by atoms with E-state index in [1.165, 1.54) is 6.08 Å². The van der Waals surface area contributed by atoms with Crippen LogP contribution in [-0.2, 0) is 4.79 Å². The predicted molar refractivity (Wildman–Crippen MR) is 43.1 cm³/mol. The normalized spacial score (nSPS) is 10.6. The molecule has 1 rings (SSSR count). The van der Waals surface area contributed by atoms with Gasteiger partial charge in [0.1, 0.15) is 6.29 Å². The van der Waals surface area contributed by atoms with Crippen LogP contribution in [0.25, 0.3) is 6.08 Å². The van der Waals surface area contributed by atoms with E-state index in [1.807, 2.05) is 0 Å². The van der Waals surface area contributed by atoms with Gasteiger partial charge >= 0.3 is 0 Å². The van der Waals surface area contributed by atoms with Gasteiger partial charge in [0.25, 0.3) is 0 Å². The van der Waals surface area contributed by atoms with Crippen LogP contribution in [0.5, 0.6) is 5.75 Å². The van der Waals surface area contributed by atoms with Crippen LogP contribution in [0.1, 0.15) is 5.56 Å². The van der Waals surface area contributed by atoms with Crippen molar-refractivity contribution in [1.29, 1.82) is 0 Å². The first kappa shape index (κ1) is 9.38. The quantitative estimate of drug-likeness (QED) is 0.562. The zero-order valence-corrected chi connectivity index (χ0v) is 6.50. The molecule has 0 unspecified atom stereocenters. The standard InChI is InChI=1S/C9H6F2O2/c10-7-4-6(2-1-3-12)5-8(13)9(7)11/h1-5,13H. The minimum absolute atomic E-state index is 0.225. The summed E-state index contributed by atoms with van der Waals surface area (Å²) in [5, 5.41) is 8.84. The van der Waals surface area contributed by atoms with E-state index < -0.39 is 17.4 Å². The van der Waals surface area contributed by atoms with E-state index in [1.54, 1.807) is 0 Å². The fourth-order valence-electron chi connectivity index (χ4n) is 0.842. The van der Waals surface area contributed by atoms with Crippen molar-refractivity contribution in [3.05, 3.63) is 35.4 Å². The van der Waals surface area contributed by atoms with E-state index in [-0.39, 0.29) is 5.56 Å². The average molecular weight is 184 g/mol. The average Bonchev–Trinajstić information content (AvgIpc) is 2.10. The third kappa shape index (κ3) is 2.11. The maximum absolute atomic E-state index is 12.6. The molecule has 68 valence electrons. The smallest absolute Gasteiger partial charge is 0.200 e. The third-order valence-electron chi connectivity index (χ3n) is 1.40. The minimum Gasteiger partial charge on any atom is -0.505 e. The van der Waals surface area contributed by atoms with E-state index in [9.17, 15) is 13.6 Å². The molecule has 1 N–H and O–H groups in total. The lowest BCUT2D eigenvalue weighted by Gasteiger charge is -1.98. The molecule has 0 spiro atoms. The summed E-state index contributed by atoms with van der Waals surface area (Å²) in [4.78, 5) is 9.90. The number of hydrogen-bond acceptors (Lipinski definition) is 2. The molecule has 1 aromatic carbocycles. The van der Waals surface area contributed by atoms with Crippen molar-refractivity contribution in [2.45, 2.75) is 0 Å². The molecule has 0 radical (unpaired) electrons. The number of benzene rings is 1. The van der Waals surface area contributed by atoms with Gasteiger partial charge in [0.05, 0.1) is 0 Å². The van der Waals surface area contributed by atoms with Gasteiger partial charge in [0.15, 0.2) is 17.4 Å². The molecule has 2 nitrogen and oxygen atoms in total. The van der Waals surface area contributed by atoms with Gasteiger partial charge in [-0.3, -0.25) is 4.79 Å². The van der Waals surface area contributed by atoms with Crippen LogP contribution in [0.3, 0.4) is 0 Å². The predicted octanol–water partition coefficient (Wildman–Crippen LogP) is 1.88. The lowest BCUT2D eigenvalue weighted by Crippen LogP contribution is -1.85. The Morgan fingerprint density at radius 1 is 1.31 bits per heavy atom. The van der Waals surface area contributed by atoms with Crippen molar-refractivity contribution in [2.75, 3.05) is 0 Å². The molecule has 0 amide bonds. The number of carbonyl (C=O) groups is 1. The number of carbonyl (C=O) groups excluding carboxylic acids is 1. The summed E-state index contributed by atoms with van der Waals surface area (Å²) in [5.41, 5.74) is 0.225. The van der Waals surface area contributed by atoms with Gasteiger partial charge in [-0.1, -0.05) is 6.08 Å². The summed E-state index contributed by atoms with van der Waals surface area (Å²) < 4.78 is 25.1. The van der Waals surface area contributed by atoms with Gasteiger partial charge in [-0.15, -0.1) is 0 Å². The highest BCUT2D eigenvalue weighted by Crippen LogP contribution is 2.20. The second kappa shape index (κ2) is 3.80. The molecule has 1 aromatic rings. The maximum Gasteiger partial charge on any atom is 0.200 e. The van der Waals surface area contributed by atoms with Gasteiger partial charge in [0.2, 0.25) is 0 Å². The molecule has 0 heterocycles. The molecule has 13 heavy (non-hydrogen) atoms. The first-order valence-electron chi connectivity index (χ1n) is 3.45. The Morgan fingerprint density at radius 3 is 2.54 bits per heavy atom. The number of halogens is 2. The molecule has 0 saturated carbocycles. The zero-order valence-electron chi connectivity index (χ0n) is 6.50. The first-order valence-corrected chi connectivity index (χ1v) is 3.45. The molecule has 0 aliphatic carbocycles. The van der Waals surface area contributed by atoms with Gasteiger partial charge in [-0.05, 0) is 23.8 Å². The fraction of sp³-hybridized carbons (Fsp3) is 0. The lowest BCUT2D eigenvalue weighted by atomic mass is 10.2. The summed E-state index contributed by atoms with van der Waals surface area (Å²) in [5.74, 6) is -3.21. The number of aromatic hydroxyl groups is 1. The minimum atomic E-state index is -1.29. The lowest BCUT2D eigenvalue weighted by molar-refractivity contribution is -0.104. The highest BCUT2D eigenvalue weighted by molar-refractivity contribution is 5.74. The Bertz CT molecular complexity index is 336. The second-order valence-corrected chi connectivity index (χ2v) is 2.33. The summed E-state index contributed by atoms with van der Waals surface area (Å²) in [6.07, 6.45) is 2.87. The zero-order chi connectivity index (χ0) is 9.84. The van der Waals surface area contributed by atoms with Crippen LogP contribution in [0.15, 0.2) is 18.2 Å². The van der Waals surface area contributed by atoms with Gasteiger partial charge < -0.3 is 5.11 Å². The van der Waals surface area contributed by atoms with Gasteiger partial charge in [-0.2, -0.15) is 4.39 Å². The number of phenolic OH excluding ortho intramolecular Hbond substituents is 1. The van der Waals surface area contributed by atoms with E-state index >= 15 is 0 Å². The van der Waals surface area contributed by atoms with Crippen LogP contribution in [-0.4, -0.2) is 11.4 Å². The summed E-state index contributed by atoms with van der Waals surface area (Å²) >= 11 is 0. The molecule has 0 fully saturated rings. The Hall–Kier alpha value is -1.71. The van der Waals surface area contributed by atoms with E-state index in [2.05, 4.69) is 0 Å². The van der Waals surface area contributed by atoms with Gasteiger partial charge in [0, 0.05) is 0 Å². The largest absolute Gasteiger partial charge is 0.505 e. The molecule has 0 aliphatic heterocycles. The fourth-order valence-corrected chi connectivity index (χ4v) is 0.842. The van der Waals surface area contributed by atoms with Gasteiger partial charge in [-0.25, -0.2) is 4.39 Å². The van der Waals surface area contributed by atoms with Crippen molar-refractivity contribution >= 4 is 12.4 Å². The van der Waals surface area contributed by atoms with E-state index in [0.717, 1.165) is 18.2 Å². The Labute approximate surface area is 73.1 Å². The highest BCUT2D eigenvalue weighted by atomic mass is 19.2. The van der Waals surface area contributed by atoms with E-state index in [0.29, 0.717) is 6.29 Å². The van der Waals surface area contributed by atoms with Crippen molar-refractivity contribution in [3.63, 3.8) is 0 Å². The molecular formula is C9H6F2O2. The van der Waals surface area contributed by atoms with Crippen molar-refractivity contribution in [3.8, 4) is 5.75 Å². The van der Waals surface area contributed by atoms with E-state index in [4.69, 9.17) is 5.11 Å². The molecular weight excluding hydrogens is 178 g/mol. The first-order chi connectivity index (χ1) is 6.15. The van der Waals surface area contributed by atoms with Crippen LogP contribution in [0.2, 0.25) is 0 Å². The summed E-state index contributed by atoms with van der Waals surface area (Å²) in [6, 6.07) is 1.91. The van der Waals surface area contributed by atoms with Crippen LogP contribution < -0.4 is 0 Å². The number of rotatable bonds is 2. The molecule has 0 saturated heterocycles. The van der Waals surface area contributed by atoms with Crippen molar-refractivity contribution in [1.82, 2.24) is 0 Å².